The van der Waals surface area contributed by atoms with Crippen LogP contribution >= 0.6 is 0 Å². The molecule has 0 spiro atoms. The largest absolute Gasteiger partial charge is 0.481 e. The summed E-state index contributed by atoms with van der Waals surface area (Å²) in [6, 6.07) is 19.9. The van der Waals surface area contributed by atoms with Crippen LogP contribution in [0.3, 0.4) is 0 Å². The lowest BCUT2D eigenvalue weighted by molar-refractivity contribution is -0.136. The molecule has 3 aromatic carbocycles. The number of aliphatic carboxylic acids is 1. The minimum atomic E-state index is -0.881. The zero-order valence-electron chi connectivity index (χ0n) is 17.7. The first kappa shape index (κ1) is 20.2. The lowest BCUT2D eigenvalue weighted by Gasteiger charge is -2.35. The van der Waals surface area contributed by atoms with Crippen molar-refractivity contribution < 1.29 is 19.1 Å². The van der Waals surface area contributed by atoms with Gasteiger partial charge in [-0.15, -0.1) is 0 Å². The summed E-state index contributed by atoms with van der Waals surface area (Å²) in [5, 5.41) is 10.3. The van der Waals surface area contributed by atoms with Crippen LogP contribution in [-0.4, -0.2) is 24.7 Å². The highest BCUT2D eigenvalue weighted by atomic mass is 16.5. The standard InChI is InChI=1S/C26H24N2O4/c1-28-15-23(32-26-18(13-24(29)30)6-3-7-22(26)28)20-11-19-8-9-31-25(19)21(12-20)17-5-2-4-16(10-17)14-27/h2-12,23H,13-15,27H2,1H3,(H,29,30)/t23-/m1/s1. The van der Waals surface area contributed by atoms with Crippen molar-refractivity contribution in [3.63, 3.8) is 0 Å². The molecular weight excluding hydrogens is 404 g/mol. The van der Waals surface area contributed by atoms with E-state index in [1.807, 2.05) is 49.5 Å². The van der Waals surface area contributed by atoms with E-state index in [1.165, 1.54) is 0 Å². The molecule has 6 nitrogen and oxygen atoms in total. The predicted molar refractivity (Wildman–Crippen MR) is 124 cm³/mol. The Hall–Kier alpha value is -3.77. The Morgan fingerprint density at radius 2 is 2.00 bits per heavy atom. The number of anilines is 1. The molecule has 32 heavy (non-hydrogen) atoms. The van der Waals surface area contributed by atoms with E-state index >= 15 is 0 Å². The average Bonchev–Trinajstić information content (AvgIpc) is 3.27. The summed E-state index contributed by atoms with van der Waals surface area (Å²) in [5.74, 6) is -0.249. The summed E-state index contributed by atoms with van der Waals surface area (Å²) >= 11 is 0. The van der Waals surface area contributed by atoms with Gasteiger partial charge < -0.3 is 24.9 Å². The number of para-hydroxylation sites is 1. The fourth-order valence-electron chi connectivity index (χ4n) is 4.38. The number of likely N-dealkylation sites (N-methyl/N-ethyl adjacent to an activating group) is 1. The van der Waals surface area contributed by atoms with E-state index in [0.717, 1.165) is 38.9 Å². The molecule has 0 aliphatic carbocycles. The highest BCUT2D eigenvalue weighted by Crippen LogP contribution is 2.42. The van der Waals surface area contributed by atoms with Crippen molar-refractivity contribution in [2.24, 2.45) is 5.73 Å². The van der Waals surface area contributed by atoms with E-state index in [4.69, 9.17) is 14.9 Å². The maximum atomic E-state index is 11.4. The van der Waals surface area contributed by atoms with Gasteiger partial charge in [-0.2, -0.15) is 0 Å². The van der Waals surface area contributed by atoms with Crippen LogP contribution in [0.1, 0.15) is 22.8 Å². The minimum absolute atomic E-state index is 0.0817. The van der Waals surface area contributed by atoms with Crippen molar-refractivity contribution in [2.75, 3.05) is 18.5 Å². The lowest BCUT2D eigenvalue weighted by atomic mass is 9.96. The van der Waals surface area contributed by atoms with E-state index in [0.29, 0.717) is 24.4 Å². The molecule has 3 N–H and O–H groups in total. The Morgan fingerprint density at radius 1 is 1.16 bits per heavy atom. The van der Waals surface area contributed by atoms with Gasteiger partial charge in [0.2, 0.25) is 0 Å². The highest BCUT2D eigenvalue weighted by Gasteiger charge is 2.28. The van der Waals surface area contributed by atoms with Gasteiger partial charge in [0.25, 0.3) is 0 Å². The molecule has 0 saturated heterocycles. The molecule has 1 aliphatic heterocycles. The van der Waals surface area contributed by atoms with Crippen molar-refractivity contribution in [1.82, 2.24) is 0 Å². The fraction of sp³-hybridized carbons (Fsp3) is 0.192. The highest BCUT2D eigenvalue weighted by molar-refractivity contribution is 5.93. The second-order valence-corrected chi connectivity index (χ2v) is 8.13. The topological polar surface area (TPSA) is 88.9 Å². The zero-order valence-corrected chi connectivity index (χ0v) is 17.7. The van der Waals surface area contributed by atoms with Gasteiger partial charge in [-0.1, -0.05) is 30.3 Å². The number of carboxylic acid groups (broad SMARTS) is 1. The number of benzene rings is 3. The molecule has 0 saturated carbocycles. The average molecular weight is 428 g/mol. The molecule has 0 amide bonds. The summed E-state index contributed by atoms with van der Waals surface area (Å²) in [6.07, 6.45) is 1.36. The Balaban J connectivity index is 1.60. The molecule has 1 aromatic heterocycles. The third-order valence-corrected chi connectivity index (χ3v) is 5.95. The first-order chi connectivity index (χ1) is 15.5. The van der Waals surface area contributed by atoms with E-state index in [1.54, 1.807) is 6.26 Å². The molecule has 6 heteroatoms. The summed E-state index contributed by atoms with van der Waals surface area (Å²) in [7, 11) is 2.00. The predicted octanol–water partition coefficient (Wildman–Crippen LogP) is 4.76. The number of hydrogen-bond acceptors (Lipinski definition) is 5. The monoisotopic (exact) mass is 428 g/mol. The van der Waals surface area contributed by atoms with Gasteiger partial charge in [-0.25, -0.2) is 0 Å². The van der Waals surface area contributed by atoms with E-state index in [-0.39, 0.29) is 12.5 Å². The number of ether oxygens (including phenoxy) is 1. The van der Waals surface area contributed by atoms with Crippen LogP contribution in [0.2, 0.25) is 0 Å². The summed E-state index contributed by atoms with van der Waals surface area (Å²) in [4.78, 5) is 13.5. The number of furan rings is 1. The normalized spacial score (nSPS) is 15.4. The van der Waals surface area contributed by atoms with Crippen LogP contribution in [0, 0.1) is 0 Å². The van der Waals surface area contributed by atoms with Crippen LogP contribution in [0.4, 0.5) is 5.69 Å². The van der Waals surface area contributed by atoms with E-state index in [2.05, 4.69) is 23.1 Å². The Kier molecular flexibility index (Phi) is 5.07. The first-order valence-corrected chi connectivity index (χ1v) is 10.6. The Bertz CT molecular complexity index is 1310. The molecule has 162 valence electrons. The molecule has 0 unspecified atom stereocenters. The number of fused-ring (bicyclic) bond motifs is 2. The van der Waals surface area contributed by atoms with Gasteiger partial charge in [0, 0.05) is 30.1 Å². The number of carbonyl (C=O) groups is 1. The molecule has 1 aliphatic rings. The maximum Gasteiger partial charge on any atom is 0.307 e. The molecule has 4 aromatic rings. The van der Waals surface area contributed by atoms with Gasteiger partial charge in [-0.05, 0) is 47.0 Å². The van der Waals surface area contributed by atoms with Crippen molar-refractivity contribution in [2.45, 2.75) is 19.1 Å². The second-order valence-electron chi connectivity index (χ2n) is 8.13. The van der Waals surface area contributed by atoms with Gasteiger partial charge in [0.15, 0.2) is 0 Å². The third kappa shape index (κ3) is 3.59. The quantitative estimate of drug-likeness (QED) is 0.477. The lowest BCUT2D eigenvalue weighted by Crippen LogP contribution is -2.32. The first-order valence-electron chi connectivity index (χ1n) is 10.6. The van der Waals surface area contributed by atoms with Crippen LogP contribution in [0.5, 0.6) is 5.75 Å². The van der Waals surface area contributed by atoms with Gasteiger partial charge in [0.1, 0.15) is 17.4 Å². The fourth-order valence-corrected chi connectivity index (χ4v) is 4.38. The SMILES string of the molecule is CN1C[C@H](c2cc(-c3cccc(CN)c3)c3occc3c2)Oc2c(CC(=O)O)cccc21. The summed E-state index contributed by atoms with van der Waals surface area (Å²) in [5.41, 5.74) is 12.3. The second kappa shape index (κ2) is 8.05. The van der Waals surface area contributed by atoms with Gasteiger partial charge in [-0.3, -0.25) is 4.79 Å². The van der Waals surface area contributed by atoms with Crippen LogP contribution in [0.25, 0.3) is 22.1 Å². The van der Waals surface area contributed by atoms with Crippen molar-refractivity contribution >= 4 is 22.6 Å². The number of hydrogen-bond donors (Lipinski definition) is 2. The van der Waals surface area contributed by atoms with Crippen LogP contribution < -0.4 is 15.4 Å². The smallest absolute Gasteiger partial charge is 0.307 e. The van der Waals surface area contributed by atoms with Crippen LogP contribution in [-0.2, 0) is 17.8 Å². The molecule has 2 heterocycles. The zero-order chi connectivity index (χ0) is 22.2. The van der Waals surface area contributed by atoms with Gasteiger partial charge in [0.05, 0.1) is 24.9 Å². The summed E-state index contributed by atoms with van der Waals surface area (Å²) in [6.45, 7) is 1.11. The van der Waals surface area contributed by atoms with Crippen molar-refractivity contribution in [3.8, 4) is 16.9 Å². The van der Waals surface area contributed by atoms with E-state index in [9.17, 15) is 9.90 Å². The third-order valence-electron chi connectivity index (χ3n) is 5.95. The number of nitrogens with zero attached hydrogens (tertiary/aromatic N) is 1. The van der Waals surface area contributed by atoms with E-state index < -0.39 is 5.97 Å². The Morgan fingerprint density at radius 3 is 2.81 bits per heavy atom. The molecule has 0 radical (unpaired) electrons. The van der Waals surface area contributed by atoms with Crippen molar-refractivity contribution in [1.29, 1.82) is 0 Å². The molecular formula is C26H24N2O4. The molecule has 0 bridgehead atoms. The molecule has 1 atom stereocenters. The number of nitrogens with two attached hydrogens (primary N) is 1. The number of rotatable bonds is 5. The van der Waals surface area contributed by atoms with Crippen LogP contribution in [0.15, 0.2) is 71.3 Å². The maximum absolute atomic E-state index is 11.4. The van der Waals surface area contributed by atoms with Gasteiger partial charge >= 0.3 is 5.97 Å². The molecule has 0 fully saturated rings. The van der Waals surface area contributed by atoms with Crippen molar-refractivity contribution in [3.05, 3.63) is 83.6 Å². The minimum Gasteiger partial charge on any atom is -0.481 e. The molecule has 5 rings (SSSR count). The number of carboxylic acids is 1. The Labute approximate surface area is 185 Å². The summed E-state index contributed by atoms with van der Waals surface area (Å²) < 4.78 is 12.2.